The predicted molar refractivity (Wildman–Crippen MR) is 73.5 cm³/mol. The number of ether oxygens (including phenoxy) is 1. The normalized spacial score (nSPS) is 23.7. The van der Waals surface area contributed by atoms with Crippen molar-refractivity contribution in [1.82, 2.24) is 15.3 Å². The quantitative estimate of drug-likeness (QED) is 0.779. The predicted octanol–water partition coefficient (Wildman–Crippen LogP) is 1.63. The largest absolute Gasteiger partial charge is 0.369 e. The highest BCUT2D eigenvalue weighted by Crippen LogP contribution is 2.24. The zero-order chi connectivity index (χ0) is 13.4. The van der Waals surface area contributed by atoms with Crippen LogP contribution < -0.4 is 10.7 Å². The molecule has 0 aromatic carbocycles. The Kier molecular flexibility index (Phi) is 3.26. The van der Waals surface area contributed by atoms with E-state index in [1.807, 2.05) is 6.92 Å². The number of aromatic nitrogens is 2. The van der Waals surface area contributed by atoms with Crippen LogP contribution in [0.5, 0.6) is 0 Å². The van der Waals surface area contributed by atoms with Gasteiger partial charge in [0.15, 0.2) is 10.6 Å². The highest BCUT2D eigenvalue weighted by atomic mass is 35.5. The van der Waals surface area contributed by atoms with E-state index in [9.17, 15) is 4.79 Å². The van der Waals surface area contributed by atoms with E-state index in [2.05, 4.69) is 15.3 Å². The first-order chi connectivity index (χ1) is 9.16. The van der Waals surface area contributed by atoms with Gasteiger partial charge in [0.2, 0.25) is 0 Å². The molecule has 0 radical (unpaired) electrons. The summed E-state index contributed by atoms with van der Waals surface area (Å²) >= 11 is 6.04. The molecule has 3 rings (SSSR count). The second-order valence-corrected chi connectivity index (χ2v) is 5.01. The van der Waals surface area contributed by atoms with Gasteiger partial charge in [0.05, 0.1) is 23.2 Å². The third-order valence-corrected chi connectivity index (χ3v) is 3.64. The van der Waals surface area contributed by atoms with Gasteiger partial charge in [0, 0.05) is 24.8 Å². The molecule has 2 atom stereocenters. The number of hydrogen-bond acceptors (Lipinski definition) is 4. The van der Waals surface area contributed by atoms with Crippen molar-refractivity contribution in [1.29, 1.82) is 0 Å². The lowest BCUT2D eigenvalue weighted by Gasteiger charge is -2.30. The van der Waals surface area contributed by atoms with E-state index in [-0.39, 0.29) is 17.6 Å². The van der Waals surface area contributed by atoms with Crippen molar-refractivity contribution >= 4 is 22.5 Å². The summed E-state index contributed by atoms with van der Waals surface area (Å²) in [5.74, 6) is 0. The van der Waals surface area contributed by atoms with Crippen molar-refractivity contribution in [2.24, 2.45) is 0 Å². The van der Waals surface area contributed by atoms with Crippen molar-refractivity contribution in [2.45, 2.75) is 19.1 Å². The molecule has 2 aromatic heterocycles. The summed E-state index contributed by atoms with van der Waals surface area (Å²) in [7, 11) is 0. The van der Waals surface area contributed by atoms with Crippen LogP contribution in [0.2, 0.25) is 5.15 Å². The van der Waals surface area contributed by atoms with Crippen molar-refractivity contribution < 1.29 is 4.74 Å². The van der Waals surface area contributed by atoms with Gasteiger partial charge in [-0.25, -0.2) is 4.98 Å². The first kappa shape index (κ1) is 12.6. The Labute approximate surface area is 114 Å². The Morgan fingerprint density at radius 3 is 3.16 bits per heavy atom. The minimum atomic E-state index is -0.179. The van der Waals surface area contributed by atoms with Gasteiger partial charge < -0.3 is 15.0 Å². The van der Waals surface area contributed by atoms with Crippen LogP contribution in [-0.2, 0) is 4.74 Å². The molecule has 0 bridgehead atoms. The highest BCUT2D eigenvalue weighted by Gasteiger charge is 2.25. The van der Waals surface area contributed by atoms with E-state index in [1.165, 1.54) is 6.20 Å². The summed E-state index contributed by atoms with van der Waals surface area (Å²) in [6, 6.07) is 3.37. The second-order valence-electron chi connectivity index (χ2n) is 4.65. The Balaban J connectivity index is 2.15. The first-order valence-electron chi connectivity index (χ1n) is 6.19. The maximum Gasteiger partial charge on any atom is 0.189 e. The fraction of sp³-hybridized carbons (Fsp3) is 0.385. The molecule has 0 amide bonds. The number of nitrogens with one attached hydrogen (secondary N) is 2. The van der Waals surface area contributed by atoms with Crippen LogP contribution in [0, 0.1) is 0 Å². The van der Waals surface area contributed by atoms with Crippen molar-refractivity contribution in [3.05, 3.63) is 39.4 Å². The molecule has 19 heavy (non-hydrogen) atoms. The van der Waals surface area contributed by atoms with E-state index >= 15 is 0 Å². The fourth-order valence-corrected chi connectivity index (χ4v) is 2.60. The number of rotatable bonds is 1. The summed E-state index contributed by atoms with van der Waals surface area (Å²) in [5.41, 5.74) is 1.22. The first-order valence-corrected chi connectivity index (χ1v) is 6.57. The van der Waals surface area contributed by atoms with Gasteiger partial charge in [0.1, 0.15) is 6.10 Å². The molecule has 3 heterocycles. The van der Waals surface area contributed by atoms with Gasteiger partial charge in [-0.05, 0) is 13.0 Å². The van der Waals surface area contributed by atoms with Crippen molar-refractivity contribution in [3.8, 4) is 0 Å². The molecule has 6 heteroatoms. The smallest absolute Gasteiger partial charge is 0.189 e. The average Bonchev–Trinajstić information content (AvgIpc) is 2.40. The number of morpholine rings is 1. The third-order valence-electron chi connectivity index (χ3n) is 3.35. The minimum absolute atomic E-state index is 0.0746. The Hall–Kier alpha value is -1.43. The maximum atomic E-state index is 12.1. The van der Waals surface area contributed by atoms with E-state index in [0.717, 1.165) is 12.2 Å². The number of pyridine rings is 2. The van der Waals surface area contributed by atoms with Gasteiger partial charge in [-0.2, -0.15) is 0 Å². The van der Waals surface area contributed by atoms with E-state index in [0.29, 0.717) is 22.7 Å². The molecule has 1 aliphatic rings. The number of nitrogens with zero attached hydrogens (tertiary/aromatic N) is 1. The molecule has 1 unspecified atom stereocenters. The fourth-order valence-electron chi connectivity index (χ4n) is 2.40. The van der Waals surface area contributed by atoms with Gasteiger partial charge in [-0.3, -0.25) is 4.79 Å². The lowest BCUT2D eigenvalue weighted by atomic mass is 10.1. The van der Waals surface area contributed by atoms with Gasteiger partial charge in [-0.15, -0.1) is 0 Å². The zero-order valence-electron chi connectivity index (χ0n) is 10.4. The lowest BCUT2D eigenvalue weighted by molar-refractivity contribution is -0.00267. The van der Waals surface area contributed by atoms with Crippen LogP contribution in [0.25, 0.3) is 10.9 Å². The molecule has 5 nitrogen and oxygen atoms in total. The number of H-pyrrole nitrogens is 1. The summed E-state index contributed by atoms with van der Waals surface area (Å²) in [4.78, 5) is 19.3. The van der Waals surface area contributed by atoms with Crippen LogP contribution in [0.3, 0.4) is 0 Å². The molecule has 1 fully saturated rings. The van der Waals surface area contributed by atoms with Crippen LogP contribution in [0.4, 0.5) is 0 Å². The van der Waals surface area contributed by atoms with E-state index in [1.54, 1.807) is 12.1 Å². The molecular weight excluding hydrogens is 266 g/mol. The zero-order valence-corrected chi connectivity index (χ0v) is 11.2. The number of halogens is 1. The molecule has 100 valence electrons. The van der Waals surface area contributed by atoms with Gasteiger partial charge in [-0.1, -0.05) is 11.6 Å². The molecule has 2 aromatic rings. The molecule has 2 N–H and O–H groups in total. The van der Waals surface area contributed by atoms with Crippen LogP contribution in [-0.4, -0.2) is 29.2 Å². The molecular formula is C13H14ClN3O2. The minimum Gasteiger partial charge on any atom is -0.369 e. The summed E-state index contributed by atoms with van der Waals surface area (Å²) < 4.78 is 5.72. The molecule has 1 saturated heterocycles. The second kappa shape index (κ2) is 4.92. The number of aromatic amines is 1. The molecule has 0 spiro atoms. The van der Waals surface area contributed by atoms with E-state index < -0.39 is 0 Å². The Morgan fingerprint density at radius 1 is 1.53 bits per heavy atom. The van der Waals surface area contributed by atoms with Gasteiger partial charge in [0.25, 0.3) is 0 Å². The van der Waals surface area contributed by atoms with Crippen molar-refractivity contribution in [2.75, 3.05) is 13.2 Å². The maximum absolute atomic E-state index is 12.1. The van der Waals surface area contributed by atoms with Crippen LogP contribution in [0.1, 0.15) is 18.7 Å². The Morgan fingerprint density at radius 2 is 2.37 bits per heavy atom. The topological polar surface area (TPSA) is 67.0 Å². The average molecular weight is 280 g/mol. The van der Waals surface area contributed by atoms with E-state index in [4.69, 9.17) is 16.3 Å². The molecule has 0 aliphatic carbocycles. The number of hydrogen-bond donors (Lipinski definition) is 2. The highest BCUT2D eigenvalue weighted by molar-refractivity contribution is 6.33. The van der Waals surface area contributed by atoms with Crippen LogP contribution in [0.15, 0.2) is 23.1 Å². The summed E-state index contributed by atoms with van der Waals surface area (Å²) in [6.07, 6.45) is 1.35. The number of fused-ring (bicyclic) bond motifs is 1. The monoisotopic (exact) mass is 279 g/mol. The van der Waals surface area contributed by atoms with Crippen molar-refractivity contribution in [3.63, 3.8) is 0 Å². The molecule has 1 aliphatic heterocycles. The van der Waals surface area contributed by atoms with Crippen LogP contribution >= 0.6 is 11.6 Å². The third kappa shape index (κ3) is 2.25. The standard InChI is InChI=1S/C13H14ClN3O2/c1-7-12(19-5-4-15-7)9-6-10(18)8-2-3-16-13(14)11(8)17-9/h2-3,6-7,12,15H,4-5H2,1H3,(H,17,18)/t7?,12-/m1/s1. The lowest BCUT2D eigenvalue weighted by Crippen LogP contribution is -2.42. The summed E-state index contributed by atoms with van der Waals surface area (Å²) in [5, 5.41) is 4.16. The summed E-state index contributed by atoms with van der Waals surface area (Å²) in [6.45, 7) is 3.46. The van der Waals surface area contributed by atoms with Gasteiger partial charge >= 0.3 is 0 Å². The Bertz CT molecular complexity index is 670. The molecule has 0 saturated carbocycles. The SMILES string of the molecule is CC1NCCO[C@H]1c1cc(=O)c2ccnc(Cl)c2[nH]1.